The van der Waals surface area contributed by atoms with E-state index in [2.05, 4.69) is 9.97 Å². The highest BCUT2D eigenvalue weighted by Crippen LogP contribution is 2.16. The van der Waals surface area contributed by atoms with Gasteiger partial charge in [0, 0.05) is 24.7 Å². The molecule has 1 aliphatic rings. The molecule has 3 rings (SSSR count). The Labute approximate surface area is 105 Å². The fourth-order valence-electron chi connectivity index (χ4n) is 2.35. The van der Waals surface area contributed by atoms with Gasteiger partial charge in [-0.1, -0.05) is 0 Å². The van der Waals surface area contributed by atoms with Crippen LogP contribution in [0.2, 0.25) is 0 Å². The van der Waals surface area contributed by atoms with Crippen LogP contribution in [-0.4, -0.2) is 39.9 Å². The number of nitrogens with one attached hydrogen (secondary N) is 1. The molecule has 2 aromatic rings. The van der Waals surface area contributed by atoms with Crippen LogP contribution >= 0.6 is 0 Å². The molecule has 1 amide bonds. The second kappa shape index (κ2) is 4.42. The Morgan fingerprint density at radius 1 is 1.39 bits per heavy atom. The molecule has 3 N–H and O–H groups in total. The summed E-state index contributed by atoms with van der Waals surface area (Å²) in [5.41, 5.74) is 8.33. The Hall–Kier alpha value is -1.88. The highest BCUT2D eigenvalue weighted by atomic mass is 16.2. The molecule has 1 saturated heterocycles. The summed E-state index contributed by atoms with van der Waals surface area (Å²) in [5, 5.41) is 0. The summed E-state index contributed by atoms with van der Waals surface area (Å²) in [5.74, 6) is 0.0819. The summed E-state index contributed by atoms with van der Waals surface area (Å²) in [4.78, 5) is 21.4. The van der Waals surface area contributed by atoms with Crippen molar-refractivity contribution in [2.75, 3.05) is 13.1 Å². The lowest BCUT2D eigenvalue weighted by Gasteiger charge is -2.30. The van der Waals surface area contributed by atoms with Gasteiger partial charge in [0.1, 0.15) is 0 Å². The molecule has 0 saturated carbocycles. The monoisotopic (exact) mass is 244 g/mol. The summed E-state index contributed by atoms with van der Waals surface area (Å²) in [7, 11) is 0. The van der Waals surface area contributed by atoms with Crippen molar-refractivity contribution in [3.63, 3.8) is 0 Å². The maximum absolute atomic E-state index is 12.3. The molecule has 0 radical (unpaired) electrons. The molecule has 1 aliphatic heterocycles. The van der Waals surface area contributed by atoms with Gasteiger partial charge in [-0.3, -0.25) is 4.79 Å². The van der Waals surface area contributed by atoms with Crippen LogP contribution in [0.25, 0.3) is 11.0 Å². The third-order valence-electron chi connectivity index (χ3n) is 3.49. The van der Waals surface area contributed by atoms with Gasteiger partial charge in [0.2, 0.25) is 0 Å². The molecule has 0 aliphatic carbocycles. The van der Waals surface area contributed by atoms with Crippen molar-refractivity contribution in [2.24, 2.45) is 5.73 Å². The van der Waals surface area contributed by atoms with Crippen molar-refractivity contribution in [3.05, 3.63) is 30.1 Å². The number of rotatable bonds is 1. The van der Waals surface area contributed by atoms with E-state index in [1.54, 1.807) is 6.33 Å². The molecule has 2 heterocycles. The Kier molecular flexibility index (Phi) is 2.76. The molecule has 0 spiro atoms. The van der Waals surface area contributed by atoms with Gasteiger partial charge in [-0.05, 0) is 31.0 Å². The van der Waals surface area contributed by atoms with Crippen molar-refractivity contribution < 1.29 is 4.79 Å². The number of aromatic amines is 1. The zero-order valence-corrected chi connectivity index (χ0v) is 10.1. The van der Waals surface area contributed by atoms with Crippen LogP contribution in [0.4, 0.5) is 0 Å². The number of H-pyrrole nitrogens is 1. The fourth-order valence-corrected chi connectivity index (χ4v) is 2.35. The summed E-state index contributed by atoms with van der Waals surface area (Å²) < 4.78 is 0. The molecule has 94 valence electrons. The number of hydrogen-bond acceptors (Lipinski definition) is 3. The summed E-state index contributed by atoms with van der Waals surface area (Å²) in [6.07, 6.45) is 3.41. The number of nitrogens with zero attached hydrogens (tertiary/aromatic N) is 2. The van der Waals surface area contributed by atoms with E-state index in [1.807, 2.05) is 23.1 Å². The highest BCUT2D eigenvalue weighted by Gasteiger charge is 2.21. The quantitative estimate of drug-likeness (QED) is 0.789. The Morgan fingerprint density at radius 3 is 2.94 bits per heavy atom. The molecule has 0 atom stereocenters. The van der Waals surface area contributed by atoms with Gasteiger partial charge >= 0.3 is 0 Å². The number of imidazole rings is 1. The van der Waals surface area contributed by atoms with E-state index in [9.17, 15) is 4.79 Å². The third-order valence-corrected chi connectivity index (χ3v) is 3.49. The van der Waals surface area contributed by atoms with Crippen molar-refractivity contribution in [1.29, 1.82) is 0 Å². The molecular formula is C13H16N4O. The zero-order chi connectivity index (χ0) is 12.5. The molecule has 18 heavy (non-hydrogen) atoms. The minimum absolute atomic E-state index is 0.0819. The molecule has 1 fully saturated rings. The van der Waals surface area contributed by atoms with Gasteiger partial charge in [0.25, 0.3) is 5.91 Å². The maximum Gasteiger partial charge on any atom is 0.253 e. The van der Waals surface area contributed by atoms with E-state index in [-0.39, 0.29) is 11.9 Å². The molecule has 1 aromatic carbocycles. The first-order chi connectivity index (χ1) is 8.74. The second-order valence-electron chi connectivity index (χ2n) is 4.76. The van der Waals surface area contributed by atoms with Crippen molar-refractivity contribution in [2.45, 2.75) is 18.9 Å². The lowest BCUT2D eigenvalue weighted by atomic mass is 10.0. The van der Waals surface area contributed by atoms with E-state index < -0.39 is 0 Å². The van der Waals surface area contributed by atoms with Crippen molar-refractivity contribution in [1.82, 2.24) is 14.9 Å². The number of carbonyl (C=O) groups excluding carboxylic acids is 1. The topological polar surface area (TPSA) is 75.0 Å². The minimum atomic E-state index is 0.0819. The van der Waals surface area contributed by atoms with Crippen molar-refractivity contribution >= 4 is 16.9 Å². The number of amides is 1. The normalized spacial score (nSPS) is 17.3. The molecule has 1 aromatic heterocycles. The van der Waals surface area contributed by atoms with Gasteiger partial charge in [-0.25, -0.2) is 4.98 Å². The zero-order valence-electron chi connectivity index (χ0n) is 10.1. The lowest BCUT2D eigenvalue weighted by Crippen LogP contribution is -2.42. The number of likely N-dealkylation sites (tertiary alicyclic amines) is 1. The van der Waals surface area contributed by atoms with Crippen molar-refractivity contribution in [3.8, 4) is 0 Å². The summed E-state index contributed by atoms with van der Waals surface area (Å²) >= 11 is 0. The molecular weight excluding hydrogens is 228 g/mol. The van der Waals surface area contributed by atoms with Crippen LogP contribution in [0.1, 0.15) is 23.2 Å². The maximum atomic E-state index is 12.3. The molecule has 0 bridgehead atoms. The van der Waals surface area contributed by atoms with Crippen LogP contribution < -0.4 is 5.73 Å². The number of hydrogen-bond donors (Lipinski definition) is 2. The standard InChI is InChI=1S/C13H16N4O/c14-10-3-5-17(6-4-10)13(18)9-1-2-11-12(7-9)16-8-15-11/h1-2,7-8,10H,3-6,14H2,(H,15,16). The van der Waals surface area contributed by atoms with Gasteiger partial charge in [0.15, 0.2) is 0 Å². The van der Waals surface area contributed by atoms with E-state index in [0.29, 0.717) is 5.56 Å². The average Bonchev–Trinajstić information content (AvgIpc) is 2.86. The van der Waals surface area contributed by atoms with Crippen LogP contribution in [0.15, 0.2) is 24.5 Å². The van der Waals surface area contributed by atoms with Crippen LogP contribution in [0, 0.1) is 0 Å². The number of nitrogens with two attached hydrogens (primary N) is 1. The Balaban J connectivity index is 1.82. The van der Waals surface area contributed by atoms with Gasteiger partial charge in [0.05, 0.1) is 17.4 Å². The van der Waals surface area contributed by atoms with E-state index >= 15 is 0 Å². The van der Waals surface area contributed by atoms with Gasteiger partial charge in [-0.2, -0.15) is 0 Å². The van der Waals surface area contributed by atoms with E-state index in [1.165, 1.54) is 0 Å². The number of carbonyl (C=O) groups is 1. The third kappa shape index (κ3) is 1.97. The molecule has 5 nitrogen and oxygen atoms in total. The van der Waals surface area contributed by atoms with Gasteiger partial charge in [-0.15, -0.1) is 0 Å². The first-order valence-electron chi connectivity index (χ1n) is 6.22. The van der Waals surface area contributed by atoms with Gasteiger partial charge < -0.3 is 15.6 Å². The number of piperidine rings is 1. The predicted molar refractivity (Wildman–Crippen MR) is 69.2 cm³/mol. The minimum Gasteiger partial charge on any atom is -0.345 e. The Morgan fingerprint density at radius 2 is 2.17 bits per heavy atom. The predicted octanol–water partition coefficient (Wildman–Crippen LogP) is 1.13. The highest BCUT2D eigenvalue weighted by molar-refractivity contribution is 5.97. The molecule has 5 heteroatoms. The summed E-state index contributed by atoms with van der Waals surface area (Å²) in [6.45, 7) is 1.50. The van der Waals surface area contributed by atoms with E-state index in [0.717, 1.165) is 37.0 Å². The SMILES string of the molecule is NC1CCN(C(=O)c2ccc3nc[nH]c3c2)CC1. The lowest BCUT2D eigenvalue weighted by molar-refractivity contribution is 0.0715. The second-order valence-corrected chi connectivity index (χ2v) is 4.76. The first-order valence-corrected chi connectivity index (χ1v) is 6.22. The first kappa shape index (κ1) is 11.2. The average molecular weight is 244 g/mol. The fraction of sp³-hybridized carbons (Fsp3) is 0.385. The Bertz CT molecular complexity index is 569. The number of aromatic nitrogens is 2. The van der Waals surface area contributed by atoms with Crippen LogP contribution in [0.5, 0.6) is 0 Å². The number of fused-ring (bicyclic) bond motifs is 1. The largest absolute Gasteiger partial charge is 0.345 e. The smallest absolute Gasteiger partial charge is 0.253 e. The summed E-state index contributed by atoms with van der Waals surface area (Å²) in [6, 6.07) is 5.80. The molecule has 0 unspecified atom stereocenters. The van der Waals surface area contributed by atoms with Crippen LogP contribution in [-0.2, 0) is 0 Å². The number of benzene rings is 1. The van der Waals surface area contributed by atoms with Crippen LogP contribution in [0.3, 0.4) is 0 Å². The van der Waals surface area contributed by atoms with E-state index in [4.69, 9.17) is 5.73 Å².